The summed E-state index contributed by atoms with van der Waals surface area (Å²) >= 11 is 0. The van der Waals surface area contributed by atoms with Crippen LogP contribution >= 0.6 is 0 Å². The molecule has 1 aliphatic heterocycles. The molecule has 0 saturated heterocycles. The van der Waals surface area contributed by atoms with Crippen molar-refractivity contribution in [1.29, 1.82) is 0 Å². The van der Waals surface area contributed by atoms with E-state index in [0.29, 0.717) is 6.54 Å². The summed E-state index contributed by atoms with van der Waals surface area (Å²) < 4.78 is 32.6. The number of nitrogens with zero attached hydrogens (tertiary/aromatic N) is 2. The van der Waals surface area contributed by atoms with Crippen molar-refractivity contribution in [3.05, 3.63) is 40.7 Å². The molecule has 1 aliphatic rings. The van der Waals surface area contributed by atoms with Crippen molar-refractivity contribution >= 4 is 11.6 Å². The number of halogens is 2. The number of benzene rings is 1. The first-order valence-electron chi connectivity index (χ1n) is 5.45. The van der Waals surface area contributed by atoms with E-state index in [1.807, 2.05) is 13.8 Å². The van der Waals surface area contributed by atoms with Gasteiger partial charge in [-0.05, 0) is 13.8 Å². The molecule has 3 nitrogen and oxygen atoms in total. The Balaban J connectivity index is 0.00000180. The van der Waals surface area contributed by atoms with Gasteiger partial charge in [0.1, 0.15) is 5.90 Å². The zero-order valence-corrected chi connectivity index (χ0v) is 12.8. The van der Waals surface area contributed by atoms with Gasteiger partial charge in [0.2, 0.25) is 0 Å². The summed E-state index contributed by atoms with van der Waals surface area (Å²) in [6.45, 7) is 11.0. The summed E-state index contributed by atoms with van der Waals surface area (Å²) in [5.74, 6) is -1.82. The quantitative estimate of drug-likeness (QED) is 0.615. The van der Waals surface area contributed by atoms with Crippen LogP contribution in [-0.2, 0) is 24.8 Å². The van der Waals surface area contributed by atoms with Crippen LogP contribution in [0.4, 0.5) is 14.5 Å². The van der Waals surface area contributed by atoms with E-state index >= 15 is 0 Å². The molecule has 1 aromatic rings. The number of hydrogen-bond donors (Lipinski definition) is 0. The molecule has 1 radical (unpaired) electrons. The molecule has 6 heteroatoms. The van der Waals surface area contributed by atoms with E-state index in [1.54, 1.807) is 0 Å². The van der Waals surface area contributed by atoms with Gasteiger partial charge < -0.3 is 4.74 Å². The molecule has 0 fully saturated rings. The second kappa shape index (κ2) is 5.77. The fourth-order valence-corrected chi connectivity index (χ4v) is 1.65. The molecule has 0 saturated carbocycles. The third-order valence-corrected chi connectivity index (χ3v) is 2.66. The molecular formula is C13H11F2IrN2O-. The smallest absolute Gasteiger partial charge is 0.176 e. The molecule has 2 rings (SSSR count). The fourth-order valence-electron chi connectivity index (χ4n) is 1.65. The van der Waals surface area contributed by atoms with Gasteiger partial charge in [0, 0.05) is 44.7 Å². The van der Waals surface area contributed by atoms with Gasteiger partial charge >= 0.3 is 0 Å². The largest absolute Gasteiger partial charge is 0.514 e. The molecule has 0 N–H and O–H groups in total. The standard InChI is InChI=1S/C13H11F2N2O.Ir/c1-13(2)6-7-17-12(18-13)8-4-5-9(14)11(16-3)10(8)15;/h5H,6-7H2,1-2H3;/q-1;. The van der Waals surface area contributed by atoms with Gasteiger partial charge in [0.15, 0.2) is 5.69 Å². The Labute approximate surface area is 123 Å². The average Bonchev–Trinajstić information content (AvgIpc) is 2.28. The molecule has 0 amide bonds. The van der Waals surface area contributed by atoms with Crippen molar-refractivity contribution < 1.29 is 33.6 Å². The van der Waals surface area contributed by atoms with Crippen molar-refractivity contribution in [2.24, 2.45) is 4.99 Å². The maximum Gasteiger partial charge on any atom is 0.176 e. The maximum absolute atomic E-state index is 13.9. The summed E-state index contributed by atoms with van der Waals surface area (Å²) in [6.07, 6.45) is 0.717. The van der Waals surface area contributed by atoms with Crippen LogP contribution in [0.25, 0.3) is 4.85 Å². The molecule has 0 spiro atoms. The summed E-state index contributed by atoms with van der Waals surface area (Å²) in [7, 11) is 0. The van der Waals surface area contributed by atoms with E-state index in [4.69, 9.17) is 11.3 Å². The summed E-state index contributed by atoms with van der Waals surface area (Å²) in [5.41, 5.74) is -1.20. The Kier molecular flexibility index (Phi) is 4.78. The molecule has 0 atom stereocenters. The van der Waals surface area contributed by atoms with E-state index < -0.39 is 22.9 Å². The SMILES string of the molecule is [C-]#[N+]c1c(F)c[c-]c(C2=NCCC(C)(C)O2)c1F.[Ir]. The Morgan fingerprint density at radius 2 is 2.16 bits per heavy atom. The van der Waals surface area contributed by atoms with Crippen LogP contribution in [0.5, 0.6) is 0 Å². The minimum Gasteiger partial charge on any atom is -0.514 e. The summed E-state index contributed by atoms with van der Waals surface area (Å²) in [6, 6.07) is 3.37. The van der Waals surface area contributed by atoms with Gasteiger partial charge in [-0.3, -0.25) is 18.6 Å². The van der Waals surface area contributed by atoms with Crippen LogP contribution in [0.1, 0.15) is 25.8 Å². The van der Waals surface area contributed by atoms with Gasteiger partial charge in [-0.25, -0.2) is 0 Å². The molecule has 1 heterocycles. The van der Waals surface area contributed by atoms with Crippen LogP contribution in [0.2, 0.25) is 0 Å². The zero-order valence-electron chi connectivity index (χ0n) is 10.4. The Bertz CT molecular complexity index is 564. The van der Waals surface area contributed by atoms with E-state index in [1.165, 1.54) is 0 Å². The van der Waals surface area contributed by atoms with Crippen molar-refractivity contribution in [3.8, 4) is 0 Å². The molecular weight excluding hydrogens is 430 g/mol. The normalized spacial score (nSPS) is 16.7. The number of rotatable bonds is 1. The molecule has 19 heavy (non-hydrogen) atoms. The molecule has 0 unspecified atom stereocenters. The maximum atomic E-state index is 13.9. The monoisotopic (exact) mass is 442 g/mol. The average molecular weight is 441 g/mol. The van der Waals surface area contributed by atoms with E-state index in [2.05, 4.69) is 15.9 Å². The van der Waals surface area contributed by atoms with Crippen LogP contribution in [0, 0.1) is 24.3 Å². The van der Waals surface area contributed by atoms with Crippen molar-refractivity contribution in [1.82, 2.24) is 0 Å². The van der Waals surface area contributed by atoms with Crippen LogP contribution < -0.4 is 0 Å². The topological polar surface area (TPSA) is 25.9 Å². The number of aliphatic imine (C=N–C) groups is 1. The van der Waals surface area contributed by atoms with Gasteiger partial charge in [-0.15, -0.1) is 12.1 Å². The van der Waals surface area contributed by atoms with E-state index in [0.717, 1.165) is 12.5 Å². The molecule has 103 valence electrons. The van der Waals surface area contributed by atoms with Crippen molar-refractivity contribution in [3.63, 3.8) is 0 Å². The first kappa shape index (κ1) is 15.7. The molecule has 0 bridgehead atoms. The van der Waals surface area contributed by atoms with Crippen LogP contribution in [0.3, 0.4) is 0 Å². The fraction of sp³-hybridized carbons (Fsp3) is 0.385. The van der Waals surface area contributed by atoms with E-state index in [9.17, 15) is 8.78 Å². The Morgan fingerprint density at radius 1 is 1.47 bits per heavy atom. The van der Waals surface area contributed by atoms with Gasteiger partial charge in [0.05, 0.1) is 12.2 Å². The van der Waals surface area contributed by atoms with Gasteiger partial charge in [0.25, 0.3) is 0 Å². The van der Waals surface area contributed by atoms with Crippen LogP contribution in [0.15, 0.2) is 11.1 Å². The van der Waals surface area contributed by atoms with Crippen LogP contribution in [-0.4, -0.2) is 18.0 Å². The predicted molar refractivity (Wildman–Crippen MR) is 62.6 cm³/mol. The predicted octanol–water partition coefficient (Wildman–Crippen LogP) is 3.26. The third-order valence-electron chi connectivity index (χ3n) is 2.66. The first-order chi connectivity index (χ1) is 8.44. The van der Waals surface area contributed by atoms with Gasteiger partial charge in [-0.2, -0.15) is 0 Å². The number of ether oxygens (including phenoxy) is 1. The molecule has 0 aliphatic carbocycles. The minimum absolute atomic E-state index is 0. The second-order valence-corrected chi connectivity index (χ2v) is 4.58. The van der Waals surface area contributed by atoms with E-state index in [-0.39, 0.29) is 31.6 Å². The second-order valence-electron chi connectivity index (χ2n) is 4.58. The molecule has 1 aromatic carbocycles. The summed E-state index contributed by atoms with van der Waals surface area (Å²) in [4.78, 5) is 6.89. The van der Waals surface area contributed by atoms with Crippen molar-refractivity contribution in [2.45, 2.75) is 25.9 Å². The summed E-state index contributed by atoms with van der Waals surface area (Å²) in [5, 5.41) is 0. The third kappa shape index (κ3) is 3.17. The molecule has 0 aromatic heterocycles. The minimum atomic E-state index is -0.971. The Hall–Kier alpha value is -1.31. The zero-order chi connectivity index (χ0) is 13.3. The first-order valence-corrected chi connectivity index (χ1v) is 5.45. The van der Waals surface area contributed by atoms with Crippen molar-refractivity contribution in [2.75, 3.05) is 6.54 Å². The number of hydrogen-bond acceptors (Lipinski definition) is 2. The Morgan fingerprint density at radius 3 is 2.74 bits per heavy atom. The van der Waals surface area contributed by atoms with Gasteiger partial charge in [-0.1, -0.05) is 5.56 Å².